The zero-order valence-corrected chi connectivity index (χ0v) is 14.5. The van der Waals surface area contributed by atoms with Gasteiger partial charge in [0.15, 0.2) is 0 Å². The van der Waals surface area contributed by atoms with Crippen LogP contribution in [0.3, 0.4) is 0 Å². The first-order chi connectivity index (χ1) is 9.20. The highest BCUT2D eigenvalue weighted by atomic mass is 79.9. The van der Waals surface area contributed by atoms with E-state index >= 15 is 0 Å². The third-order valence-electron chi connectivity index (χ3n) is 3.91. The summed E-state index contributed by atoms with van der Waals surface area (Å²) < 4.78 is 28.1. The van der Waals surface area contributed by atoms with Crippen LogP contribution in [0.1, 0.15) is 37.8 Å². The predicted molar refractivity (Wildman–Crippen MR) is 84.0 cm³/mol. The van der Waals surface area contributed by atoms with Crippen molar-refractivity contribution in [3.05, 3.63) is 27.7 Å². The van der Waals surface area contributed by atoms with E-state index in [-0.39, 0.29) is 5.54 Å². The van der Waals surface area contributed by atoms with Crippen LogP contribution in [0, 0.1) is 6.92 Å². The van der Waals surface area contributed by atoms with Gasteiger partial charge in [0, 0.05) is 23.1 Å². The minimum absolute atomic E-state index is 0.327. The molecule has 0 unspecified atom stereocenters. The molecule has 1 aromatic carbocycles. The van der Waals surface area contributed by atoms with Crippen LogP contribution in [0.5, 0.6) is 0 Å². The van der Waals surface area contributed by atoms with Crippen molar-refractivity contribution in [3.63, 3.8) is 0 Å². The number of hydrogen-bond donors (Lipinski definition) is 1. The van der Waals surface area contributed by atoms with Crippen LogP contribution in [0.15, 0.2) is 21.5 Å². The standard InChI is InChI=1S/C14H21BrN2O2S/c1-10-7-11(9-16)8-12(13(10)15)20(18,19)17-6-4-5-14(17,2)3/h7-8H,4-6,9,16H2,1-3H3. The third kappa shape index (κ3) is 2.66. The smallest absolute Gasteiger partial charge is 0.244 e. The van der Waals surface area contributed by atoms with Crippen LogP contribution in [0.2, 0.25) is 0 Å². The van der Waals surface area contributed by atoms with Crippen molar-refractivity contribution < 1.29 is 8.42 Å². The summed E-state index contributed by atoms with van der Waals surface area (Å²) in [6.07, 6.45) is 1.79. The van der Waals surface area contributed by atoms with Crippen molar-refractivity contribution >= 4 is 26.0 Å². The third-order valence-corrected chi connectivity index (χ3v) is 7.36. The van der Waals surface area contributed by atoms with Crippen LogP contribution in [-0.4, -0.2) is 24.8 Å². The molecule has 20 heavy (non-hydrogen) atoms. The lowest BCUT2D eigenvalue weighted by Gasteiger charge is -2.31. The summed E-state index contributed by atoms with van der Waals surface area (Å²) in [7, 11) is -3.50. The molecule has 0 amide bonds. The highest BCUT2D eigenvalue weighted by molar-refractivity contribution is 9.10. The van der Waals surface area contributed by atoms with Gasteiger partial charge in [-0.05, 0) is 66.7 Å². The molecule has 0 spiro atoms. The van der Waals surface area contributed by atoms with Gasteiger partial charge in [-0.1, -0.05) is 6.07 Å². The van der Waals surface area contributed by atoms with E-state index in [1.54, 1.807) is 10.4 Å². The monoisotopic (exact) mass is 360 g/mol. The molecule has 1 aliphatic heterocycles. The molecule has 0 aliphatic carbocycles. The molecule has 0 atom stereocenters. The van der Waals surface area contributed by atoms with Gasteiger partial charge in [-0.3, -0.25) is 0 Å². The fourth-order valence-electron chi connectivity index (χ4n) is 2.76. The maximum absolute atomic E-state index is 12.9. The Balaban J connectivity index is 2.58. The maximum Gasteiger partial charge on any atom is 0.244 e. The minimum atomic E-state index is -3.50. The molecule has 6 heteroatoms. The van der Waals surface area contributed by atoms with E-state index in [0.29, 0.717) is 22.5 Å². The lowest BCUT2D eigenvalue weighted by Crippen LogP contribution is -2.42. The quantitative estimate of drug-likeness (QED) is 0.901. The van der Waals surface area contributed by atoms with Crippen LogP contribution < -0.4 is 5.73 Å². The second-order valence-corrected chi connectivity index (χ2v) is 8.55. The molecule has 2 N–H and O–H groups in total. The van der Waals surface area contributed by atoms with E-state index in [0.717, 1.165) is 24.0 Å². The van der Waals surface area contributed by atoms with Crippen molar-refractivity contribution in [2.75, 3.05) is 6.54 Å². The van der Waals surface area contributed by atoms with E-state index in [4.69, 9.17) is 5.73 Å². The molecule has 0 saturated carbocycles. The molecule has 112 valence electrons. The number of aryl methyl sites for hydroxylation is 1. The summed E-state index contributed by atoms with van der Waals surface area (Å²) >= 11 is 3.42. The first-order valence-electron chi connectivity index (χ1n) is 6.72. The Bertz CT molecular complexity index is 626. The number of nitrogens with two attached hydrogens (primary N) is 1. The van der Waals surface area contributed by atoms with Crippen LogP contribution in [0.4, 0.5) is 0 Å². The Labute approximate surface area is 129 Å². The summed E-state index contributed by atoms with van der Waals surface area (Å²) in [5.74, 6) is 0. The van der Waals surface area contributed by atoms with E-state index in [2.05, 4.69) is 15.9 Å². The topological polar surface area (TPSA) is 63.4 Å². The average molecular weight is 361 g/mol. The Morgan fingerprint density at radius 3 is 2.55 bits per heavy atom. The van der Waals surface area contributed by atoms with Gasteiger partial charge in [-0.15, -0.1) is 0 Å². The molecule has 4 nitrogen and oxygen atoms in total. The number of sulfonamides is 1. The normalized spacial score (nSPS) is 19.4. The lowest BCUT2D eigenvalue weighted by atomic mass is 10.0. The van der Waals surface area contributed by atoms with Crippen molar-refractivity contribution in [1.29, 1.82) is 0 Å². The molecular formula is C14H21BrN2O2S. The Morgan fingerprint density at radius 1 is 1.40 bits per heavy atom. The van der Waals surface area contributed by atoms with Crippen molar-refractivity contribution in [2.24, 2.45) is 5.73 Å². The van der Waals surface area contributed by atoms with Gasteiger partial charge in [-0.25, -0.2) is 8.42 Å². The average Bonchev–Trinajstić information content (AvgIpc) is 2.72. The summed E-state index contributed by atoms with van der Waals surface area (Å²) in [5, 5.41) is 0. The Kier molecular flexibility index (Phi) is 4.31. The zero-order chi connectivity index (χ0) is 15.1. The van der Waals surface area contributed by atoms with E-state index in [1.807, 2.05) is 26.8 Å². The number of rotatable bonds is 3. The fourth-order valence-corrected chi connectivity index (χ4v) is 5.64. The summed E-state index contributed by atoms with van der Waals surface area (Å²) in [5.41, 5.74) is 7.06. The van der Waals surface area contributed by atoms with Crippen molar-refractivity contribution in [3.8, 4) is 0 Å². The van der Waals surface area contributed by atoms with Gasteiger partial charge >= 0.3 is 0 Å². The van der Waals surface area contributed by atoms with Gasteiger partial charge < -0.3 is 5.73 Å². The number of hydrogen-bond acceptors (Lipinski definition) is 3. The molecule has 0 bridgehead atoms. The molecular weight excluding hydrogens is 340 g/mol. The lowest BCUT2D eigenvalue weighted by molar-refractivity contribution is 0.291. The summed E-state index contributed by atoms with van der Waals surface area (Å²) in [4.78, 5) is 0.327. The molecule has 1 fully saturated rings. The van der Waals surface area contributed by atoms with Gasteiger partial charge in [0.1, 0.15) is 0 Å². The van der Waals surface area contributed by atoms with Gasteiger partial charge in [0.05, 0.1) is 4.90 Å². The predicted octanol–water partition coefficient (Wildman–Crippen LogP) is 2.78. The maximum atomic E-state index is 12.9. The van der Waals surface area contributed by atoms with Crippen molar-refractivity contribution in [1.82, 2.24) is 4.31 Å². The van der Waals surface area contributed by atoms with Crippen LogP contribution in [0.25, 0.3) is 0 Å². The van der Waals surface area contributed by atoms with Gasteiger partial charge in [0.25, 0.3) is 0 Å². The highest BCUT2D eigenvalue weighted by Crippen LogP contribution is 2.37. The van der Waals surface area contributed by atoms with Crippen molar-refractivity contribution in [2.45, 2.75) is 50.6 Å². The van der Waals surface area contributed by atoms with E-state index < -0.39 is 10.0 Å². The highest BCUT2D eigenvalue weighted by Gasteiger charge is 2.41. The Morgan fingerprint density at radius 2 is 2.05 bits per heavy atom. The minimum Gasteiger partial charge on any atom is -0.326 e. The number of benzene rings is 1. The molecule has 1 heterocycles. The largest absolute Gasteiger partial charge is 0.326 e. The summed E-state index contributed by atoms with van der Waals surface area (Å²) in [6.45, 7) is 6.75. The van der Waals surface area contributed by atoms with E-state index in [1.165, 1.54) is 0 Å². The first kappa shape index (κ1) is 15.9. The second kappa shape index (κ2) is 5.40. The molecule has 0 aromatic heterocycles. The van der Waals surface area contributed by atoms with Gasteiger partial charge in [0.2, 0.25) is 10.0 Å². The van der Waals surface area contributed by atoms with Gasteiger partial charge in [-0.2, -0.15) is 4.31 Å². The Hall–Kier alpha value is -0.430. The molecule has 0 radical (unpaired) electrons. The number of halogens is 1. The molecule has 2 rings (SSSR count). The molecule has 1 saturated heterocycles. The molecule has 1 aliphatic rings. The molecule has 1 aromatic rings. The van der Waals surface area contributed by atoms with Crippen LogP contribution in [-0.2, 0) is 16.6 Å². The first-order valence-corrected chi connectivity index (χ1v) is 8.95. The second-order valence-electron chi connectivity index (χ2n) is 5.92. The number of nitrogens with zero attached hydrogens (tertiary/aromatic N) is 1. The summed E-state index contributed by atoms with van der Waals surface area (Å²) in [6, 6.07) is 3.60. The van der Waals surface area contributed by atoms with Crippen LogP contribution >= 0.6 is 15.9 Å². The van der Waals surface area contributed by atoms with E-state index in [9.17, 15) is 8.42 Å². The zero-order valence-electron chi connectivity index (χ0n) is 12.1. The fraction of sp³-hybridized carbons (Fsp3) is 0.571. The SMILES string of the molecule is Cc1cc(CN)cc(S(=O)(=O)N2CCCC2(C)C)c1Br.